The van der Waals surface area contributed by atoms with Gasteiger partial charge < -0.3 is 10.2 Å². The van der Waals surface area contributed by atoms with Crippen molar-refractivity contribution in [2.45, 2.75) is 76.4 Å². The molecule has 0 aliphatic heterocycles. The maximum atomic E-state index is 13.4. The van der Waals surface area contributed by atoms with Crippen LogP contribution in [0.15, 0.2) is 0 Å². The summed E-state index contributed by atoms with van der Waals surface area (Å²) in [7, 11) is 0. The highest BCUT2D eigenvalue weighted by Gasteiger charge is 2.64. The van der Waals surface area contributed by atoms with Crippen LogP contribution in [0.4, 0.5) is 4.39 Å². The van der Waals surface area contributed by atoms with Crippen molar-refractivity contribution in [3.05, 3.63) is 0 Å². The predicted molar refractivity (Wildman–Crippen MR) is 96.4 cm³/mol. The highest BCUT2D eigenvalue weighted by Crippen LogP contribution is 2.67. The summed E-state index contributed by atoms with van der Waals surface area (Å²) in [5.41, 5.74) is -1.28. The van der Waals surface area contributed by atoms with E-state index in [0.717, 1.165) is 32.1 Å². The maximum absolute atomic E-state index is 13.4. The van der Waals surface area contributed by atoms with E-state index in [-0.39, 0.29) is 18.2 Å². The zero-order chi connectivity index (χ0) is 17.8. The number of alkyl halides is 1. The third-order valence-corrected chi connectivity index (χ3v) is 8.92. The van der Waals surface area contributed by atoms with E-state index in [1.54, 1.807) is 0 Å². The summed E-state index contributed by atoms with van der Waals surface area (Å²) in [5.74, 6) is 5.94. The van der Waals surface area contributed by atoms with Crippen molar-refractivity contribution < 1.29 is 14.6 Å². The molecule has 25 heavy (non-hydrogen) atoms. The smallest absolute Gasteiger partial charge is 0.130 e. The van der Waals surface area contributed by atoms with Crippen molar-refractivity contribution >= 4 is 0 Å². The fraction of sp³-hybridized carbons (Fsp3) is 0.909. The second-order valence-corrected chi connectivity index (χ2v) is 9.72. The minimum absolute atomic E-state index is 0.135. The Labute approximate surface area is 151 Å². The van der Waals surface area contributed by atoms with Gasteiger partial charge in [-0.1, -0.05) is 12.8 Å². The van der Waals surface area contributed by atoms with Crippen LogP contribution in [0.2, 0.25) is 0 Å². The Bertz CT molecular complexity index is 557. The van der Waals surface area contributed by atoms with E-state index in [2.05, 4.69) is 12.8 Å². The van der Waals surface area contributed by atoms with Crippen molar-refractivity contribution in [3.8, 4) is 12.3 Å². The molecule has 4 saturated carbocycles. The molecule has 2 N–H and O–H groups in total. The number of halogens is 1. The third kappa shape index (κ3) is 2.51. The quantitative estimate of drug-likeness (QED) is 0.742. The van der Waals surface area contributed by atoms with E-state index in [1.807, 2.05) is 0 Å². The minimum atomic E-state index is -1.02. The molecule has 0 spiro atoms. The average molecular weight is 349 g/mol. The second-order valence-electron chi connectivity index (χ2n) is 9.72. The fourth-order valence-electron chi connectivity index (χ4n) is 7.82. The number of terminal acetylenes is 1. The molecule has 0 heterocycles. The number of fused-ring (bicyclic) bond motifs is 5. The summed E-state index contributed by atoms with van der Waals surface area (Å²) in [6.07, 6.45) is 14.1. The van der Waals surface area contributed by atoms with Gasteiger partial charge in [-0.3, -0.25) is 4.39 Å². The number of rotatable bonds is 2. The summed E-state index contributed by atoms with van der Waals surface area (Å²) in [6.45, 7) is 1.91. The molecule has 4 rings (SSSR count). The van der Waals surface area contributed by atoms with Crippen LogP contribution in [0, 0.1) is 53.3 Å². The van der Waals surface area contributed by atoms with Gasteiger partial charge in [0.25, 0.3) is 0 Å². The van der Waals surface area contributed by atoms with Crippen LogP contribution >= 0.6 is 0 Å². The first-order valence-electron chi connectivity index (χ1n) is 10.4. The Kier molecular flexibility index (Phi) is 4.44. The van der Waals surface area contributed by atoms with Crippen molar-refractivity contribution in [2.24, 2.45) is 40.9 Å². The molecule has 4 fully saturated rings. The summed E-state index contributed by atoms with van der Waals surface area (Å²) < 4.78 is 13.4. The molecule has 0 bridgehead atoms. The van der Waals surface area contributed by atoms with Gasteiger partial charge in [0.2, 0.25) is 0 Å². The molecule has 4 aliphatic rings. The maximum Gasteiger partial charge on any atom is 0.130 e. The normalized spacial score (nSPS) is 54.9. The first-order valence-corrected chi connectivity index (χ1v) is 10.4. The second kappa shape index (κ2) is 6.24. The Hall–Kier alpha value is -0.590. The topological polar surface area (TPSA) is 40.5 Å². The van der Waals surface area contributed by atoms with Crippen LogP contribution in [0.25, 0.3) is 0 Å². The van der Waals surface area contributed by atoms with Gasteiger partial charge in [0, 0.05) is 5.41 Å². The van der Waals surface area contributed by atoms with Gasteiger partial charge >= 0.3 is 0 Å². The zero-order valence-electron chi connectivity index (χ0n) is 15.5. The molecule has 0 aromatic heterocycles. The largest absolute Gasteiger partial charge is 0.393 e. The molecule has 0 aromatic carbocycles. The molecule has 4 aliphatic carbocycles. The summed E-state index contributed by atoms with van der Waals surface area (Å²) in [5, 5.41) is 21.2. The molecule has 9 atom stereocenters. The van der Waals surface area contributed by atoms with E-state index >= 15 is 0 Å². The van der Waals surface area contributed by atoms with E-state index in [1.165, 1.54) is 12.8 Å². The summed E-state index contributed by atoms with van der Waals surface area (Å²) >= 11 is 0. The van der Waals surface area contributed by atoms with Crippen molar-refractivity contribution in [3.63, 3.8) is 0 Å². The Morgan fingerprint density at radius 3 is 2.64 bits per heavy atom. The monoisotopic (exact) mass is 348 g/mol. The number of aliphatic hydroxyl groups excluding tert-OH is 1. The lowest BCUT2D eigenvalue weighted by atomic mass is 9.46. The standard InChI is InChI=1S/C22H33FO2/c1-3-22(25)10-8-19-18-6-4-14-12-16(24)5-7-17(14)20(18)15(9-11-23)13-21(19,22)2/h1,14-20,24-25H,4-13H2,2H3/t14-,15?,16+,17?,18?,19?,20?,21-,22-/m0/s1. The Morgan fingerprint density at radius 2 is 1.92 bits per heavy atom. The number of aliphatic hydroxyl groups is 2. The SMILES string of the molecule is C#C[C@]1(O)CCC2C3CC[C@H]4C[C@H](O)CCC4C3C(CCF)C[C@@]21C. The molecule has 5 unspecified atom stereocenters. The summed E-state index contributed by atoms with van der Waals surface area (Å²) in [4.78, 5) is 0. The Balaban J connectivity index is 1.68. The van der Waals surface area contributed by atoms with Crippen LogP contribution in [-0.2, 0) is 0 Å². The van der Waals surface area contributed by atoms with Crippen molar-refractivity contribution in [1.82, 2.24) is 0 Å². The minimum Gasteiger partial charge on any atom is -0.393 e. The first kappa shape index (κ1) is 17.8. The number of hydrogen-bond acceptors (Lipinski definition) is 2. The van der Waals surface area contributed by atoms with Crippen LogP contribution in [-0.4, -0.2) is 28.6 Å². The predicted octanol–water partition coefficient (Wildman–Crippen LogP) is 3.95. The zero-order valence-corrected chi connectivity index (χ0v) is 15.5. The van der Waals surface area contributed by atoms with Gasteiger partial charge in [-0.15, -0.1) is 6.42 Å². The van der Waals surface area contributed by atoms with E-state index < -0.39 is 5.60 Å². The third-order valence-electron chi connectivity index (χ3n) is 8.92. The number of hydrogen-bond donors (Lipinski definition) is 2. The lowest BCUT2D eigenvalue weighted by molar-refractivity contribution is -0.139. The van der Waals surface area contributed by atoms with Crippen LogP contribution < -0.4 is 0 Å². The van der Waals surface area contributed by atoms with Gasteiger partial charge in [-0.05, 0) is 93.3 Å². The van der Waals surface area contributed by atoms with Crippen LogP contribution in [0.1, 0.15) is 64.7 Å². The Morgan fingerprint density at radius 1 is 1.16 bits per heavy atom. The van der Waals surface area contributed by atoms with Crippen molar-refractivity contribution in [1.29, 1.82) is 0 Å². The average Bonchev–Trinajstić information content (AvgIpc) is 2.86. The molecule has 0 amide bonds. The van der Waals surface area contributed by atoms with E-state index in [0.29, 0.717) is 48.3 Å². The van der Waals surface area contributed by atoms with Crippen LogP contribution in [0.3, 0.4) is 0 Å². The van der Waals surface area contributed by atoms with Crippen molar-refractivity contribution in [2.75, 3.05) is 6.67 Å². The summed E-state index contributed by atoms with van der Waals surface area (Å²) in [6, 6.07) is 0. The fourth-order valence-corrected chi connectivity index (χ4v) is 7.82. The van der Waals surface area contributed by atoms with E-state index in [9.17, 15) is 14.6 Å². The van der Waals surface area contributed by atoms with Gasteiger partial charge in [0.15, 0.2) is 0 Å². The van der Waals surface area contributed by atoms with Gasteiger partial charge in [-0.2, -0.15) is 0 Å². The molecule has 0 aromatic rings. The molecular weight excluding hydrogens is 315 g/mol. The lowest BCUT2D eigenvalue weighted by Gasteiger charge is -2.59. The molecule has 0 saturated heterocycles. The molecule has 0 radical (unpaired) electrons. The van der Waals surface area contributed by atoms with Gasteiger partial charge in [0.1, 0.15) is 5.60 Å². The molecule has 2 nitrogen and oxygen atoms in total. The van der Waals surface area contributed by atoms with Gasteiger partial charge in [0.05, 0.1) is 12.8 Å². The molecular formula is C22H33FO2. The highest BCUT2D eigenvalue weighted by molar-refractivity contribution is 5.23. The highest BCUT2D eigenvalue weighted by atomic mass is 19.1. The van der Waals surface area contributed by atoms with Gasteiger partial charge in [-0.25, -0.2) is 0 Å². The molecule has 3 heteroatoms. The lowest BCUT2D eigenvalue weighted by Crippen LogP contribution is -2.56. The van der Waals surface area contributed by atoms with E-state index in [4.69, 9.17) is 6.42 Å². The van der Waals surface area contributed by atoms with Crippen LogP contribution in [0.5, 0.6) is 0 Å². The molecule has 140 valence electrons. The first-order chi connectivity index (χ1) is 11.9.